The first kappa shape index (κ1) is 37.5. The maximum absolute atomic E-state index is 14.8. The molecule has 3 atom stereocenters. The number of likely N-dealkylation sites (tertiary alicyclic amines) is 1. The Morgan fingerprint density at radius 2 is 1.76 bits per heavy atom. The number of alkyl halides is 3. The van der Waals surface area contributed by atoms with Gasteiger partial charge in [0.2, 0.25) is 5.88 Å². The Balaban J connectivity index is 0.000000727. The SMILES string of the molecule is CNCC(Cn1c(C)nc2cc(F)cc(-c3cccc(O[C@H]4C[C@@H](C(=O)O)N(C(=O)OCc5ccccc5)C4)n3)c21)OC.O=C(O)C(F)(F)F. The molecule has 50 heavy (non-hydrogen) atoms. The van der Waals surface area contributed by atoms with E-state index in [-0.39, 0.29) is 31.6 Å². The summed E-state index contributed by atoms with van der Waals surface area (Å²) in [7, 11) is 3.48. The summed E-state index contributed by atoms with van der Waals surface area (Å²) in [6.45, 7) is 3.00. The molecule has 1 fully saturated rings. The minimum absolute atomic E-state index is 0.0105. The van der Waals surface area contributed by atoms with Crippen LogP contribution in [0.25, 0.3) is 22.3 Å². The number of carbonyl (C=O) groups is 3. The molecule has 1 saturated heterocycles. The Labute approximate surface area is 283 Å². The summed E-state index contributed by atoms with van der Waals surface area (Å²) in [4.78, 5) is 44.1. The lowest BCUT2D eigenvalue weighted by atomic mass is 10.1. The molecule has 5 rings (SSSR count). The fraction of sp³-hybridized carbons (Fsp3) is 0.364. The van der Waals surface area contributed by atoms with Crippen LogP contribution in [0.4, 0.5) is 22.4 Å². The Morgan fingerprint density at radius 3 is 2.38 bits per heavy atom. The van der Waals surface area contributed by atoms with Crippen LogP contribution in [0, 0.1) is 12.7 Å². The van der Waals surface area contributed by atoms with Gasteiger partial charge in [0.1, 0.15) is 30.4 Å². The lowest BCUT2D eigenvalue weighted by Gasteiger charge is -2.20. The second-order valence-corrected chi connectivity index (χ2v) is 11.2. The number of ether oxygens (including phenoxy) is 3. The highest BCUT2D eigenvalue weighted by Crippen LogP contribution is 2.32. The van der Waals surface area contributed by atoms with Crippen LogP contribution in [0.2, 0.25) is 0 Å². The minimum Gasteiger partial charge on any atom is -0.480 e. The number of carboxylic acids is 2. The Hall–Kier alpha value is -5.29. The smallest absolute Gasteiger partial charge is 0.480 e. The molecule has 4 aromatic rings. The number of amides is 1. The molecule has 1 unspecified atom stereocenters. The Bertz CT molecular complexity index is 1800. The number of carboxylic acid groups (broad SMARTS) is 2. The zero-order valence-corrected chi connectivity index (χ0v) is 27.2. The van der Waals surface area contributed by atoms with Gasteiger partial charge in [0.05, 0.1) is 35.9 Å². The van der Waals surface area contributed by atoms with Crippen LogP contribution in [0.15, 0.2) is 60.7 Å². The third kappa shape index (κ3) is 9.44. The van der Waals surface area contributed by atoms with Crippen LogP contribution in [0.5, 0.6) is 5.88 Å². The van der Waals surface area contributed by atoms with Crippen LogP contribution in [-0.2, 0) is 32.2 Å². The first-order valence-corrected chi connectivity index (χ1v) is 15.2. The summed E-state index contributed by atoms with van der Waals surface area (Å²) in [5.74, 6) is -3.44. The van der Waals surface area contributed by atoms with Gasteiger partial charge < -0.3 is 34.3 Å². The molecular weight excluding hydrogens is 670 g/mol. The standard InChI is InChI=1S/C31H34FN5O6.C2HF3O2/c1-19-34-26-13-21(32)12-24(29(26)36(19)17-23(41-3)15-33-2)25-10-7-11-28(35-25)43-22-14-27(30(38)39)37(16-22)31(40)42-18-20-8-5-4-6-9-20;3-2(4,5)1(6)7/h4-13,22-23,27,33H,14-18H2,1-3H3,(H,38,39);(H,6,7)/t22-,23?,27-;/m0./s1. The lowest BCUT2D eigenvalue weighted by Crippen LogP contribution is -2.40. The van der Waals surface area contributed by atoms with Gasteiger partial charge in [0.15, 0.2) is 0 Å². The monoisotopic (exact) mass is 705 g/mol. The van der Waals surface area contributed by atoms with E-state index in [1.54, 1.807) is 25.3 Å². The average molecular weight is 706 g/mol. The number of nitrogens with zero attached hydrogens (tertiary/aromatic N) is 4. The maximum atomic E-state index is 14.8. The number of aryl methyl sites for hydroxylation is 1. The second kappa shape index (κ2) is 16.4. The van der Waals surface area contributed by atoms with E-state index < -0.39 is 42.2 Å². The highest BCUT2D eigenvalue weighted by Gasteiger charge is 2.42. The van der Waals surface area contributed by atoms with Gasteiger partial charge in [0.25, 0.3) is 0 Å². The molecule has 268 valence electrons. The fourth-order valence-corrected chi connectivity index (χ4v) is 5.34. The number of benzene rings is 2. The predicted octanol–water partition coefficient (Wildman–Crippen LogP) is 4.66. The number of rotatable bonds is 11. The predicted molar refractivity (Wildman–Crippen MR) is 170 cm³/mol. The van der Waals surface area contributed by atoms with E-state index in [0.717, 1.165) is 10.5 Å². The number of aromatic nitrogens is 3. The summed E-state index contributed by atoms with van der Waals surface area (Å²) in [5, 5.41) is 20.0. The number of carbonyl (C=O) groups excluding carboxylic acids is 1. The van der Waals surface area contributed by atoms with E-state index in [9.17, 15) is 32.3 Å². The molecule has 3 heterocycles. The summed E-state index contributed by atoms with van der Waals surface area (Å²) in [5.41, 5.74) is 2.97. The summed E-state index contributed by atoms with van der Waals surface area (Å²) < 4.78 is 65.6. The van der Waals surface area contributed by atoms with E-state index in [4.69, 9.17) is 24.1 Å². The zero-order chi connectivity index (χ0) is 36.6. The number of methoxy groups -OCH3 is 1. The molecule has 2 aromatic heterocycles. The van der Waals surface area contributed by atoms with Gasteiger partial charge in [-0.3, -0.25) is 4.90 Å². The first-order valence-electron chi connectivity index (χ1n) is 15.2. The van der Waals surface area contributed by atoms with Gasteiger partial charge in [-0.25, -0.2) is 28.7 Å². The van der Waals surface area contributed by atoms with Gasteiger partial charge in [-0.2, -0.15) is 13.2 Å². The number of imidazole rings is 1. The summed E-state index contributed by atoms with van der Waals surface area (Å²) in [6, 6.07) is 15.9. The quantitative estimate of drug-likeness (QED) is 0.186. The molecule has 1 aliphatic heterocycles. The zero-order valence-electron chi connectivity index (χ0n) is 27.2. The number of pyridine rings is 1. The van der Waals surface area contributed by atoms with Crippen LogP contribution in [0.3, 0.4) is 0 Å². The number of nitrogens with one attached hydrogen (secondary N) is 1. The van der Waals surface area contributed by atoms with Crippen molar-refractivity contribution >= 4 is 29.1 Å². The van der Waals surface area contributed by atoms with Crippen molar-refractivity contribution in [2.24, 2.45) is 0 Å². The van der Waals surface area contributed by atoms with Crippen LogP contribution in [0.1, 0.15) is 17.8 Å². The van der Waals surface area contributed by atoms with Gasteiger partial charge in [-0.05, 0) is 31.7 Å². The van der Waals surface area contributed by atoms with Crippen molar-refractivity contribution in [1.29, 1.82) is 0 Å². The molecular formula is C33H35F4N5O8. The Morgan fingerprint density at radius 1 is 1.06 bits per heavy atom. The van der Waals surface area contributed by atoms with Gasteiger partial charge in [-0.15, -0.1) is 0 Å². The second-order valence-electron chi connectivity index (χ2n) is 11.2. The highest BCUT2D eigenvalue weighted by molar-refractivity contribution is 5.92. The van der Waals surface area contributed by atoms with Gasteiger partial charge in [0, 0.05) is 37.8 Å². The number of aliphatic carboxylic acids is 2. The molecule has 1 amide bonds. The van der Waals surface area contributed by atoms with Crippen molar-refractivity contribution in [2.75, 3.05) is 27.2 Å². The van der Waals surface area contributed by atoms with Gasteiger partial charge >= 0.3 is 24.2 Å². The van der Waals surface area contributed by atoms with E-state index in [0.29, 0.717) is 41.2 Å². The van der Waals surface area contributed by atoms with Crippen molar-refractivity contribution in [3.05, 3.63) is 77.9 Å². The number of likely N-dealkylation sites (N-methyl/N-ethyl adjacent to an activating group) is 1. The molecule has 0 bridgehead atoms. The van der Waals surface area contributed by atoms with Crippen molar-refractivity contribution in [2.45, 2.75) is 50.9 Å². The largest absolute Gasteiger partial charge is 0.490 e. The molecule has 0 radical (unpaired) electrons. The third-order valence-electron chi connectivity index (χ3n) is 7.67. The van der Waals surface area contributed by atoms with Crippen molar-refractivity contribution in [3.63, 3.8) is 0 Å². The highest BCUT2D eigenvalue weighted by atomic mass is 19.4. The number of hydrogen-bond donors (Lipinski definition) is 3. The molecule has 13 nitrogen and oxygen atoms in total. The molecule has 0 saturated carbocycles. The first-order chi connectivity index (χ1) is 23.7. The molecule has 0 aliphatic carbocycles. The number of halogens is 4. The molecule has 3 N–H and O–H groups in total. The fourth-order valence-electron chi connectivity index (χ4n) is 5.34. The van der Waals surface area contributed by atoms with E-state index in [1.807, 2.05) is 48.9 Å². The molecule has 1 aliphatic rings. The number of fused-ring (bicyclic) bond motifs is 1. The van der Waals surface area contributed by atoms with Crippen molar-refractivity contribution in [1.82, 2.24) is 24.8 Å². The summed E-state index contributed by atoms with van der Waals surface area (Å²) in [6.07, 6.45) is -6.55. The van der Waals surface area contributed by atoms with Crippen LogP contribution < -0.4 is 10.1 Å². The van der Waals surface area contributed by atoms with E-state index >= 15 is 0 Å². The third-order valence-corrected chi connectivity index (χ3v) is 7.67. The maximum Gasteiger partial charge on any atom is 0.490 e. The van der Waals surface area contributed by atoms with Crippen molar-refractivity contribution in [3.8, 4) is 17.1 Å². The number of hydrogen-bond acceptors (Lipinski definition) is 9. The van der Waals surface area contributed by atoms with Crippen LogP contribution >= 0.6 is 0 Å². The van der Waals surface area contributed by atoms with Crippen molar-refractivity contribution < 1.29 is 56.4 Å². The molecule has 2 aromatic carbocycles. The normalized spacial score (nSPS) is 16.4. The van der Waals surface area contributed by atoms with Crippen LogP contribution in [-0.4, -0.2) is 99.4 Å². The van der Waals surface area contributed by atoms with E-state index in [1.165, 1.54) is 12.1 Å². The Kier molecular flexibility index (Phi) is 12.3. The minimum atomic E-state index is -5.08. The lowest BCUT2D eigenvalue weighted by molar-refractivity contribution is -0.192. The molecule has 17 heteroatoms. The molecule has 0 spiro atoms. The van der Waals surface area contributed by atoms with Gasteiger partial charge in [-0.1, -0.05) is 36.4 Å². The summed E-state index contributed by atoms with van der Waals surface area (Å²) >= 11 is 0. The topological polar surface area (TPSA) is 165 Å². The average Bonchev–Trinajstić information content (AvgIpc) is 3.63. The van der Waals surface area contributed by atoms with E-state index in [2.05, 4.69) is 15.3 Å².